The second-order valence-corrected chi connectivity index (χ2v) is 7.14. The largest absolute Gasteiger partial charge is 0.374 e. The number of benzene rings is 1. The molecule has 0 spiro atoms. The second-order valence-electron chi connectivity index (χ2n) is 5.34. The van der Waals surface area contributed by atoms with E-state index in [4.69, 9.17) is 10.5 Å². The van der Waals surface area contributed by atoms with Crippen LogP contribution in [0.1, 0.15) is 11.1 Å². The molecule has 7 heteroatoms. The third kappa shape index (κ3) is 5.05. The van der Waals surface area contributed by atoms with Crippen LogP contribution in [0.4, 0.5) is 0 Å². The Labute approximate surface area is 126 Å². The van der Waals surface area contributed by atoms with Gasteiger partial charge in [-0.3, -0.25) is 0 Å². The smallest absolute Gasteiger partial charge is 0.215 e. The minimum Gasteiger partial charge on any atom is -0.374 e. The summed E-state index contributed by atoms with van der Waals surface area (Å²) in [7, 11) is -1.39. The molecule has 0 aliphatic carbocycles. The van der Waals surface area contributed by atoms with Gasteiger partial charge < -0.3 is 15.4 Å². The number of nitrogens with one attached hydrogen (secondary N) is 1. The van der Waals surface area contributed by atoms with Crippen LogP contribution in [0, 0.1) is 0 Å². The van der Waals surface area contributed by atoms with E-state index in [1.165, 1.54) is 0 Å². The molecule has 1 aliphatic heterocycles. The lowest BCUT2D eigenvalue weighted by Crippen LogP contribution is -2.46. The first-order valence-corrected chi connectivity index (χ1v) is 8.70. The molecule has 2 rings (SSSR count). The number of nitrogens with two attached hydrogens (primary N) is 1. The molecule has 0 amide bonds. The van der Waals surface area contributed by atoms with Gasteiger partial charge in [0, 0.05) is 26.2 Å². The van der Waals surface area contributed by atoms with E-state index >= 15 is 0 Å². The molecule has 1 aliphatic rings. The zero-order valence-electron chi connectivity index (χ0n) is 12.3. The van der Waals surface area contributed by atoms with Crippen molar-refractivity contribution < 1.29 is 13.2 Å². The Bertz CT molecular complexity index is 562. The van der Waals surface area contributed by atoms with E-state index in [2.05, 4.69) is 9.62 Å². The summed E-state index contributed by atoms with van der Waals surface area (Å²) in [5.74, 6) is -0.0526. The van der Waals surface area contributed by atoms with E-state index in [1.54, 1.807) is 6.07 Å². The minimum absolute atomic E-state index is 0.0526. The summed E-state index contributed by atoms with van der Waals surface area (Å²) in [6.45, 7) is 2.90. The molecule has 0 aromatic heterocycles. The van der Waals surface area contributed by atoms with Crippen LogP contribution < -0.4 is 10.5 Å². The monoisotopic (exact) mass is 313 g/mol. The highest BCUT2D eigenvalue weighted by atomic mass is 32.2. The van der Waals surface area contributed by atoms with Gasteiger partial charge in [-0.2, -0.15) is 0 Å². The van der Waals surface area contributed by atoms with E-state index in [1.807, 2.05) is 25.2 Å². The number of hydrogen-bond donors (Lipinski definition) is 2. The zero-order valence-corrected chi connectivity index (χ0v) is 13.1. The Balaban J connectivity index is 1.92. The lowest BCUT2D eigenvalue weighted by Gasteiger charge is -2.30. The van der Waals surface area contributed by atoms with Gasteiger partial charge in [0.25, 0.3) is 0 Å². The molecule has 1 atom stereocenters. The van der Waals surface area contributed by atoms with E-state index in [0.29, 0.717) is 19.7 Å². The van der Waals surface area contributed by atoms with Crippen LogP contribution in [0.2, 0.25) is 0 Å². The SMILES string of the molecule is CN1CCOC(CNS(=O)(=O)Cc2ccccc2CN)C1. The first kappa shape index (κ1) is 16.4. The van der Waals surface area contributed by atoms with Gasteiger partial charge in [0.05, 0.1) is 18.5 Å². The average Bonchev–Trinajstić information content (AvgIpc) is 2.46. The molecule has 0 bridgehead atoms. The molecule has 3 N–H and O–H groups in total. The van der Waals surface area contributed by atoms with Crippen molar-refractivity contribution >= 4 is 10.0 Å². The molecule has 21 heavy (non-hydrogen) atoms. The maximum Gasteiger partial charge on any atom is 0.215 e. The Morgan fingerprint density at radius 3 is 2.76 bits per heavy atom. The molecule has 0 radical (unpaired) electrons. The fraction of sp³-hybridized carbons (Fsp3) is 0.571. The molecule has 118 valence electrons. The van der Waals surface area contributed by atoms with Crippen LogP contribution in [-0.4, -0.2) is 52.7 Å². The quantitative estimate of drug-likeness (QED) is 0.766. The molecule has 0 saturated carbocycles. The summed E-state index contributed by atoms with van der Waals surface area (Å²) < 4.78 is 32.5. The van der Waals surface area contributed by atoms with Gasteiger partial charge in [0.1, 0.15) is 0 Å². The van der Waals surface area contributed by atoms with Gasteiger partial charge in [-0.25, -0.2) is 13.1 Å². The van der Waals surface area contributed by atoms with Crippen molar-refractivity contribution in [1.29, 1.82) is 0 Å². The molecule has 1 unspecified atom stereocenters. The first-order chi connectivity index (χ1) is 10.00. The fourth-order valence-electron chi connectivity index (χ4n) is 2.36. The van der Waals surface area contributed by atoms with Crippen molar-refractivity contribution in [3.8, 4) is 0 Å². The highest BCUT2D eigenvalue weighted by Gasteiger charge is 2.20. The van der Waals surface area contributed by atoms with Crippen molar-refractivity contribution in [3.05, 3.63) is 35.4 Å². The fourth-order valence-corrected chi connectivity index (χ4v) is 3.60. The van der Waals surface area contributed by atoms with Gasteiger partial charge in [0.15, 0.2) is 0 Å². The number of nitrogens with zero attached hydrogens (tertiary/aromatic N) is 1. The number of hydrogen-bond acceptors (Lipinski definition) is 5. The average molecular weight is 313 g/mol. The van der Waals surface area contributed by atoms with Gasteiger partial charge in [-0.05, 0) is 18.2 Å². The van der Waals surface area contributed by atoms with E-state index < -0.39 is 10.0 Å². The van der Waals surface area contributed by atoms with Gasteiger partial charge in [0.2, 0.25) is 10.0 Å². The van der Waals surface area contributed by atoms with Crippen LogP contribution >= 0.6 is 0 Å². The topological polar surface area (TPSA) is 84.7 Å². The lowest BCUT2D eigenvalue weighted by molar-refractivity contribution is -0.0156. The number of sulfonamides is 1. The van der Waals surface area contributed by atoms with Gasteiger partial charge in [-0.15, -0.1) is 0 Å². The summed E-state index contributed by atoms with van der Waals surface area (Å²) in [6, 6.07) is 7.33. The molecule has 1 fully saturated rings. The van der Waals surface area contributed by atoms with Crippen LogP contribution in [0.5, 0.6) is 0 Å². The first-order valence-electron chi connectivity index (χ1n) is 7.04. The van der Waals surface area contributed by atoms with E-state index in [9.17, 15) is 8.42 Å². The predicted molar refractivity (Wildman–Crippen MR) is 82.2 cm³/mol. The predicted octanol–water partition coefficient (Wildman–Crippen LogP) is -0.105. The Morgan fingerprint density at radius 2 is 2.10 bits per heavy atom. The summed E-state index contributed by atoms with van der Waals surface area (Å²) in [5, 5.41) is 0. The Morgan fingerprint density at radius 1 is 1.38 bits per heavy atom. The minimum atomic E-state index is -3.39. The third-order valence-electron chi connectivity index (χ3n) is 3.56. The molecular weight excluding hydrogens is 290 g/mol. The Hall–Kier alpha value is -0.990. The van der Waals surface area contributed by atoms with Crippen molar-refractivity contribution in [3.63, 3.8) is 0 Å². The highest BCUT2D eigenvalue weighted by molar-refractivity contribution is 7.88. The number of likely N-dealkylation sites (N-methyl/N-ethyl adjacent to an activating group) is 1. The van der Waals surface area contributed by atoms with Gasteiger partial charge in [-0.1, -0.05) is 24.3 Å². The van der Waals surface area contributed by atoms with Gasteiger partial charge >= 0.3 is 0 Å². The van der Waals surface area contributed by atoms with Crippen molar-refractivity contribution in [1.82, 2.24) is 9.62 Å². The second kappa shape index (κ2) is 7.33. The standard InChI is InChI=1S/C14H23N3O3S/c1-17-6-7-20-14(10-17)9-16-21(18,19)11-13-5-3-2-4-12(13)8-15/h2-5,14,16H,6-11,15H2,1H3. The molecule has 1 aromatic carbocycles. The lowest BCUT2D eigenvalue weighted by atomic mass is 10.1. The number of rotatable bonds is 6. The highest BCUT2D eigenvalue weighted by Crippen LogP contribution is 2.11. The van der Waals surface area contributed by atoms with Crippen LogP contribution in [0.3, 0.4) is 0 Å². The maximum absolute atomic E-state index is 12.2. The summed E-state index contributed by atoms with van der Waals surface area (Å²) in [5.41, 5.74) is 7.24. The summed E-state index contributed by atoms with van der Waals surface area (Å²) in [4.78, 5) is 2.13. The maximum atomic E-state index is 12.2. The summed E-state index contributed by atoms with van der Waals surface area (Å²) >= 11 is 0. The van der Waals surface area contributed by atoms with Crippen molar-refractivity contribution in [2.24, 2.45) is 5.73 Å². The Kier molecular flexibility index (Phi) is 5.72. The molecule has 6 nitrogen and oxygen atoms in total. The molecule has 1 heterocycles. The third-order valence-corrected chi connectivity index (χ3v) is 4.85. The summed E-state index contributed by atoms with van der Waals surface area (Å²) in [6.07, 6.45) is -0.0942. The van der Waals surface area contributed by atoms with E-state index in [-0.39, 0.29) is 11.9 Å². The molecule has 1 aromatic rings. The molecular formula is C14H23N3O3S. The van der Waals surface area contributed by atoms with Crippen LogP contribution in [-0.2, 0) is 27.1 Å². The van der Waals surface area contributed by atoms with Crippen LogP contribution in [0.25, 0.3) is 0 Å². The zero-order chi connectivity index (χ0) is 15.3. The van der Waals surface area contributed by atoms with Crippen molar-refractivity contribution in [2.75, 3.05) is 33.3 Å². The number of ether oxygens (including phenoxy) is 1. The van der Waals surface area contributed by atoms with E-state index in [0.717, 1.165) is 24.2 Å². The van der Waals surface area contributed by atoms with Crippen molar-refractivity contribution in [2.45, 2.75) is 18.4 Å². The molecule has 1 saturated heterocycles. The van der Waals surface area contributed by atoms with Crippen LogP contribution in [0.15, 0.2) is 24.3 Å². The normalized spacial score (nSPS) is 20.6. The number of morpholine rings is 1.